The Balaban J connectivity index is 0.00000176. The summed E-state index contributed by atoms with van der Waals surface area (Å²) in [7, 11) is 1.87. The highest BCUT2D eigenvalue weighted by Crippen LogP contribution is 2.38. The third-order valence-electron chi connectivity index (χ3n) is 4.83. The Kier molecular flexibility index (Phi) is 6.09. The molecule has 2 aliphatic heterocycles. The molecule has 1 aromatic carbocycles. The first-order chi connectivity index (χ1) is 10.2. The molecule has 1 atom stereocenters. The maximum atomic E-state index is 5.60. The second-order valence-corrected chi connectivity index (χ2v) is 6.30. The number of rotatable bonds is 2. The van der Waals surface area contributed by atoms with Gasteiger partial charge in [0.25, 0.3) is 0 Å². The summed E-state index contributed by atoms with van der Waals surface area (Å²) >= 11 is 0. The third-order valence-corrected chi connectivity index (χ3v) is 4.83. The van der Waals surface area contributed by atoms with Gasteiger partial charge >= 0.3 is 0 Å². The Morgan fingerprint density at radius 2 is 2.18 bits per heavy atom. The summed E-state index contributed by atoms with van der Waals surface area (Å²) in [4.78, 5) is 6.84. The summed E-state index contributed by atoms with van der Waals surface area (Å²) in [5.74, 6) is 1.02. The van der Waals surface area contributed by atoms with Crippen LogP contribution in [0.2, 0.25) is 0 Å². The number of nitrogens with one attached hydrogen (secondary N) is 1. The maximum absolute atomic E-state index is 5.60. The largest absolute Gasteiger partial charge is 0.381 e. The minimum Gasteiger partial charge on any atom is -0.381 e. The van der Waals surface area contributed by atoms with E-state index in [0.29, 0.717) is 5.41 Å². The average molecular weight is 415 g/mol. The molecule has 2 aliphatic rings. The molecule has 1 unspecified atom stereocenters. The fourth-order valence-electron chi connectivity index (χ4n) is 3.40. The van der Waals surface area contributed by atoms with Crippen LogP contribution in [0.5, 0.6) is 0 Å². The van der Waals surface area contributed by atoms with Crippen molar-refractivity contribution in [3.63, 3.8) is 0 Å². The average Bonchev–Trinajstić information content (AvgIpc) is 3.12. The van der Waals surface area contributed by atoms with Crippen molar-refractivity contribution in [1.82, 2.24) is 10.2 Å². The van der Waals surface area contributed by atoms with Gasteiger partial charge in [0, 0.05) is 38.7 Å². The van der Waals surface area contributed by atoms with Crippen LogP contribution in [0.1, 0.15) is 24.0 Å². The van der Waals surface area contributed by atoms with Gasteiger partial charge < -0.3 is 15.0 Å². The van der Waals surface area contributed by atoms with Gasteiger partial charge in [-0.15, -0.1) is 24.0 Å². The van der Waals surface area contributed by atoms with Crippen molar-refractivity contribution in [2.45, 2.75) is 26.3 Å². The molecule has 0 bridgehead atoms. The van der Waals surface area contributed by atoms with Crippen molar-refractivity contribution in [2.24, 2.45) is 10.4 Å². The molecule has 1 spiro atoms. The number of ether oxygens (including phenoxy) is 1. The van der Waals surface area contributed by atoms with E-state index in [-0.39, 0.29) is 24.0 Å². The van der Waals surface area contributed by atoms with Crippen LogP contribution in [0.15, 0.2) is 29.3 Å². The standard InChI is InChI=1S/C17H25N3O.HI/c1-14-5-3-4-6-15(14)11-19-16(18-2)20-9-7-17(12-20)8-10-21-13-17;/h3-6H,7-13H2,1-2H3,(H,18,19);1H. The second kappa shape index (κ2) is 7.64. The van der Waals surface area contributed by atoms with Crippen LogP contribution in [-0.4, -0.2) is 44.2 Å². The number of benzene rings is 1. The molecule has 0 saturated carbocycles. The van der Waals surface area contributed by atoms with E-state index in [1.54, 1.807) is 0 Å². The normalized spacial score (nSPS) is 24.6. The minimum absolute atomic E-state index is 0. The lowest BCUT2D eigenvalue weighted by molar-refractivity contribution is 0.156. The zero-order chi connectivity index (χ0) is 14.7. The first kappa shape index (κ1) is 17.5. The first-order valence-corrected chi connectivity index (χ1v) is 7.80. The van der Waals surface area contributed by atoms with E-state index < -0.39 is 0 Å². The number of likely N-dealkylation sites (tertiary alicyclic amines) is 1. The quantitative estimate of drug-likeness (QED) is 0.459. The number of halogens is 1. The SMILES string of the molecule is CN=C(NCc1ccccc1C)N1CCC2(CCOC2)C1.I. The summed E-state index contributed by atoms with van der Waals surface area (Å²) < 4.78 is 5.60. The Morgan fingerprint density at radius 3 is 2.86 bits per heavy atom. The van der Waals surface area contributed by atoms with E-state index >= 15 is 0 Å². The van der Waals surface area contributed by atoms with Gasteiger partial charge in [0.1, 0.15) is 0 Å². The van der Waals surface area contributed by atoms with Crippen molar-refractivity contribution in [1.29, 1.82) is 0 Å². The molecule has 2 heterocycles. The zero-order valence-electron chi connectivity index (χ0n) is 13.5. The summed E-state index contributed by atoms with van der Waals surface area (Å²) in [6, 6.07) is 8.50. The lowest BCUT2D eigenvalue weighted by Gasteiger charge is -2.25. The van der Waals surface area contributed by atoms with Crippen LogP contribution in [0.3, 0.4) is 0 Å². The number of hydrogen-bond acceptors (Lipinski definition) is 2. The van der Waals surface area contributed by atoms with Gasteiger partial charge in [0.05, 0.1) is 6.61 Å². The van der Waals surface area contributed by atoms with Crippen molar-refractivity contribution in [3.8, 4) is 0 Å². The van der Waals surface area contributed by atoms with Crippen molar-refractivity contribution in [3.05, 3.63) is 35.4 Å². The smallest absolute Gasteiger partial charge is 0.193 e. The Morgan fingerprint density at radius 1 is 1.36 bits per heavy atom. The molecule has 0 aliphatic carbocycles. The highest BCUT2D eigenvalue weighted by Gasteiger charge is 2.42. The van der Waals surface area contributed by atoms with Gasteiger partial charge in [-0.1, -0.05) is 24.3 Å². The van der Waals surface area contributed by atoms with Gasteiger partial charge in [0.15, 0.2) is 5.96 Å². The molecule has 1 aromatic rings. The molecular formula is C17H26IN3O. The van der Waals surface area contributed by atoms with Gasteiger partial charge in [-0.3, -0.25) is 4.99 Å². The van der Waals surface area contributed by atoms with Crippen LogP contribution in [-0.2, 0) is 11.3 Å². The van der Waals surface area contributed by atoms with Crippen molar-refractivity contribution >= 4 is 29.9 Å². The first-order valence-electron chi connectivity index (χ1n) is 7.80. The van der Waals surface area contributed by atoms with Crippen LogP contribution in [0.4, 0.5) is 0 Å². The Labute approximate surface area is 150 Å². The molecule has 3 rings (SSSR count). The number of hydrogen-bond donors (Lipinski definition) is 1. The zero-order valence-corrected chi connectivity index (χ0v) is 15.8. The lowest BCUT2D eigenvalue weighted by atomic mass is 9.87. The predicted molar refractivity (Wildman–Crippen MR) is 101 cm³/mol. The molecule has 2 fully saturated rings. The highest BCUT2D eigenvalue weighted by molar-refractivity contribution is 14.0. The van der Waals surface area contributed by atoms with Crippen LogP contribution in [0.25, 0.3) is 0 Å². The van der Waals surface area contributed by atoms with Gasteiger partial charge in [-0.05, 0) is 30.9 Å². The van der Waals surface area contributed by atoms with E-state index in [0.717, 1.165) is 38.8 Å². The van der Waals surface area contributed by atoms with E-state index in [2.05, 4.69) is 46.4 Å². The van der Waals surface area contributed by atoms with Crippen molar-refractivity contribution in [2.75, 3.05) is 33.4 Å². The Hall–Kier alpha value is -0.820. The molecule has 0 aromatic heterocycles. The summed E-state index contributed by atoms with van der Waals surface area (Å²) in [5.41, 5.74) is 3.03. The van der Waals surface area contributed by atoms with Crippen LogP contribution < -0.4 is 5.32 Å². The van der Waals surface area contributed by atoms with E-state index in [9.17, 15) is 0 Å². The fourth-order valence-corrected chi connectivity index (χ4v) is 3.40. The van der Waals surface area contributed by atoms with Gasteiger partial charge in [-0.2, -0.15) is 0 Å². The molecule has 5 heteroatoms. The monoisotopic (exact) mass is 415 g/mol. The van der Waals surface area contributed by atoms with Gasteiger partial charge in [0.2, 0.25) is 0 Å². The van der Waals surface area contributed by atoms with Crippen LogP contribution >= 0.6 is 24.0 Å². The summed E-state index contributed by atoms with van der Waals surface area (Å²) in [6.07, 6.45) is 2.41. The van der Waals surface area contributed by atoms with Crippen LogP contribution in [0, 0.1) is 12.3 Å². The second-order valence-electron chi connectivity index (χ2n) is 6.30. The Bertz CT molecular complexity index is 526. The molecule has 0 amide bonds. The number of nitrogens with zero attached hydrogens (tertiary/aromatic N) is 2. The third kappa shape index (κ3) is 3.74. The fraction of sp³-hybridized carbons (Fsp3) is 0.588. The minimum atomic E-state index is 0. The summed E-state index contributed by atoms with van der Waals surface area (Å²) in [5, 5.41) is 3.51. The lowest BCUT2D eigenvalue weighted by Crippen LogP contribution is -2.41. The topological polar surface area (TPSA) is 36.9 Å². The van der Waals surface area contributed by atoms with E-state index in [1.807, 2.05) is 7.05 Å². The summed E-state index contributed by atoms with van der Waals surface area (Å²) in [6.45, 7) is 6.97. The molecule has 122 valence electrons. The molecule has 4 nitrogen and oxygen atoms in total. The maximum Gasteiger partial charge on any atom is 0.193 e. The van der Waals surface area contributed by atoms with E-state index in [4.69, 9.17) is 4.74 Å². The highest BCUT2D eigenvalue weighted by atomic mass is 127. The number of guanidine groups is 1. The number of aryl methyl sites for hydroxylation is 1. The molecule has 22 heavy (non-hydrogen) atoms. The van der Waals surface area contributed by atoms with Crippen molar-refractivity contribution < 1.29 is 4.74 Å². The molecule has 0 radical (unpaired) electrons. The molecule has 1 N–H and O–H groups in total. The van der Waals surface area contributed by atoms with Gasteiger partial charge in [-0.25, -0.2) is 0 Å². The predicted octanol–water partition coefficient (Wildman–Crippen LogP) is 2.80. The number of aliphatic imine (C=N–C) groups is 1. The molecular weight excluding hydrogens is 389 g/mol. The molecule has 2 saturated heterocycles. The van der Waals surface area contributed by atoms with E-state index in [1.165, 1.54) is 24.0 Å².